The van der Waals surface area contributed by atoms with Crippen molar-refractivity contribution < 1.29 is 24.1 Å². The van der Waals surface area contributed by atoms with Gasteiger partial charge in [-0.3, -0.25) is 9.78 Å². The minimum atomic E-state index is -0.815. The number of benzene rings is 2. The molecule has 0 amide bonds. The molecule has 0 aliphatic heterocycles. The standard InChI is InChI=1S/C23H25NO5/c1-4-29-14-15-11-20(27-2)23(21(12-15)28-3)18-7-5-16(6-8-22(25)26)17-9-10-24-13-19(17)18/h5,7,9-13H,4,6,8,14H2,1-3H3,(H,25,26). The monoisotopic (exact) mass is 395 g/mol. The number of aromatic nitrogens is 1. The Bertz CT molecular complexity index is 990. The van der Waals surface area contributed by atoms with E-state index >= 15 is 0 Å². The number of hydrogen-bond acceptors (Lipinski definition) is 5. The van der Waals surface area contributed by atoms with Crippen molar-refractivity contribution >= 4 is 16.7 Å². The molecule has 3 aromatic rings. The van der Waals surface area contributed by atoms with Crippen molar-refractivity contribution in [2.75, 3.05) is 20.8 Å². The van der Waals surface area contributed by atoms with Crippen molar-refractivity contribution in [3.05, 3.63) is 53.9 Å². The van der Waals surface area contributed by atoms with Gasteiger partial charge < -0.3 is 19.3 Å². The maximum atomic E-state index is 11.0. The lowest BCUT2D eigenvalue weighted by Crippen LogP contribution is -2.00. The van der Waals surface area contributed by atoms with Crippen LogP contribution in [0.15, 0.2) is 42.7 Å². The molecule has 152 valence electrons. The lowest BCUT2D eigenvalue weighted by Gasteiger charge is -2.18. The Labute approximate surface area is 170 Å². The minimum absolute atomic E-state index is 0.0789. The zero-order valence-electron chi connectivity index (χ0n) is 16.9. The first-order chi connectivity index (χ1) is 14.1. The summed E-state index contributed by atoms with van der Waals surface area (Å²) in [5.74, 6) is 0.550. The van der Waals surface area contributed by atoms with Gasteiger partial charge in [-0.1, -0.05) is 12.1 Å². The number of rotatable bonds is 9. The van der Waals surface area contributed by atoms with Gasteiger partial charge in [0, 0.05) is 30.8 Å². The lowest BCUT2D eigenvalue weighted by molar-refractivity contribution is -0.136. The van der Waals surface area contributed by atoms with E-state index in [0.29, 0.717) is 31.1 Å². The maximum absolute atomic E-state index is 11.0. The Kier molecular flexibility index (Phi) is 6.67. The van der Waals surface area contributed by atoms with Gasteiger partial charge in [-0.2, -0.15) is 0 Å². The average Bonchev–Trinajstić information content (AvgIpc) is 2.75. The van der Waals surface area contributed by atoms with Gasteiger partial charge in [-0.15, -0.1) is 0 Å². The Morgan fingerprint density at radius 3 is 2.41 bits per heavy atom. The van der Waals surface area contributed by atoms with Gasteiger partial charge in [0.1, 0.15) is 11.5 Å². The second-order valence-corrected chi connectivity index (χ2v) is 6.60. The third-order valence-corrected chi connectivity index (χ3v) is 4.82. The summed E-state index contributed by atoms with van der Waals surface area (Å²) in [7, 11) is 3.26. The van der Waals surface area contributed by atoms with E-state index in [1.54, 1.807) is 26.6 Å². The van der Waals surface area contributed by atoms with E-state index in [-0.39, 0.29) is 6.42 Å². The largest absolute Gasteiger partial charge is 0.496 e. The van der Waals surface area contributed by atoms with Gasteiger partial charge in [0.2, 0.25) is 0 Å². The molecule has 0 saturated carbocycles. The van der Waals surface area contributed by atoms with Crippen LogP contribution in [0.25, 0.3) is 21.9 Å². The highest BCUT2D eigenvalue weighted by Crippen LogP contribution is 2.43. The van der Waals surface area contributed by atoms with Crippen LogP contribution in [-0.2, 0) is 22.6 Å². The van der Waals surface area contributed by atoms with Gasteiger partial charge in [0.25, 0.3) is 0 Å². The average molecular weight is 395 g/mol. The van der Waals surface area contributed by atoms with Gasteiger partial charge >= 0.3 is 5.97 Å². The number of carboxylic acids is 1. The Balaban J connectivity index is 2.17. The molecule has 0 aliphatic carbocycles. The molecule has 1 N–H and O–H groups in total. The van der Waals surface area contributed by atoms with Gasteiger partial charge in [0.15, 0.2) is 0 Å². The van der Waals surface area contributed by atoms with E-state index in [2.05, 4.69) is 4.98 Å². The van der Waals surface area contributed by atoms with Gasteiger partial charge in [-0.25, -0.2) is 0 Å². The van der Waals surface area contributed by atoms with Crippen LogP contribution < -0.4 is 9.47 Å². The smallest absolute Gasteiger partial charge is 0.303 e. The summed E-state index contributed by atoms with van der Waals surface area (Å²) in [4.78, 5) is 15.3. The number of carbonyl (C=O) groups is 1. The molecular formula is C23H25NO5. The molecule has 0 spiro atoms. The molecule has 1 aromatic heterocycles. The summed E-state index contributed by atoms with van der Waals surface area (Å²) in [5, 5.41) is 10.9. The summed E-state index contributed by atoms with van der Waals surface area (Å²) < 4.78 is 16.9. The maximum Gasteiger partial charge on any atom is 0.303 e. The molecule has 0 unspecified atom stereocenters. The second kappa shape index (κ2) is 9.39. The number of fused-ring (bicyclic) bond motifs is 1. The molecular weight excluding hydrogens is 370 g/mol. The van der Waals surface area contributed by atoms with Crippen molar-refractivity contribution in [1.82, 2.24) is 4.98 Å². The Hall–Kier alpha value is -3.12. The predicted octanol–water partition coefficient (Wildman–Crippen LogP) is 4.47. The van der Waals surface area contributed by atoms with E-state index in [0.717, 1.165) is 33.0 Å². The number of hydrogen-bond donors (Lipinski definition) is 1. The number of carboxylic acid groups (broad SMARTS) is 1. The predicted molar refractivity (Wildman–Crippen MR) is 112 cm³/mol. The SMILES string of the molecule is CCOCc1cc(OC)c(-c2ccc(CCC(=O)O)c3ccncc23)c(OC)c1. The number of pyridine rings is 1. The van der Waals surface area contributed by atoms with Crippen LogP contribution in [0, 0.1) is 0 Å². The van der Waals surface area contributed by atoms with Crippen molar-refractivity contribution in [2.24, 2.45) is 0 Å². The highest BCUT2D eigenvalue weighted by Gasteiger charge is 2.18. The summed E-state index contributed by atoms with van der Waals surface area (Å²) in [6.07, 6.45) is 4.05. The Morgan fingerprint density at radius 2 is 1.79 bits per heavy atom. The van der Waals surface area contributed by atoms with E-state index in [1.807, 2.05) is 37.3 Å². The fourth-order valence-corrected chi connectivity index (χ4v) is 3.47. The van der Waals surface area contributed by atoms with Crippen LogP contribution in [0.3, 0.4) is 0 Å². The van der Waals surface area contributed by atoms with Crippen molar-refractivity contribution in [3.8, 4) is 22.6 Å². The summed E-state index contributed by atoms with van der Waals surface area (Å²) in [6, 6.07) is 9.76. The van der Waals surface area contributed by atoms with Crippen LogP contribution in [0.2, 0.25) is 0 Å². The highest BCUT2D eigenvalue weighted by atomic mass is 16.5. The molecule has 6 heteroatoms. The first-order valence-electron chi connectivity index (χ1n) is 9.49. The van der Waals surface area contributed by atoms with E-state index in [4.69, 9.17) is 19.3 Å². The van der Waals surface area contributed by atoms with Crippen LogP contribution in [0.5, 0.6) is 11.5 Å². The lowest BCUT2D eigenvalue weighted by atomic mass is 9.93. The van der Waals surface area contributed by atoms with E-state index in [9.17, 15) is 4.79 Å². The molecule has 3 rings (SSSR count). The molecule has 0 fully saturated rings. The quantitative estimate of drug-likeness (QED) is 0.576. The molecule has 0 bridgehead atoms. The fraction of sp³-hybridized carbons (Fsp3) is 0.304. The van der Waals surface area contributed by atoms with Gasteiger partial charge in [-0.05, 0) is 53.6 Å². The van der Waals surface area contributed by atoms with E-state index in [1.165, 1.54) is 0 Å². The number of methoxy groups -OCH3 is 2. The highest BCUT2D eigenvalue weighted by molar-refractivity contribution is 6.00. The molecule has 0 saturated heterocycles. The minimum Gasteiger partial charge on any atom is -0.496 e. The molecule has 2 aromatic carbocycles. The van der Waals surface area contributed by atoms with Crippen LogP contribution in [0.1, 0.15) is 24.5 Å². The van der Waals surface area contributed by atoms with Crippen molar-refractivity contribution in [2.45, 2.75) is 26.4 Å². The van der Waals surface area contributed by atoms with E-state index < -0.39 is 5.97 Å². The topological polar surface area (TPSA) is 77.9 Å². The fourth-order valence-electron chi connectivity index (χ4n) is 3.47. The molecule has 0 atom stereocenters. The zero-order chi connectivity index (χ0) is 20.8. The van der Waals surface area contributed by atoms with Crippen LogP contribution in [-0.4, -0.2) is 36.9 Å². The number of aryl methyl sites for hydroxylation is 1. The zero-order valence-corrected chi connectivity index (χ0v) is 16.9. The molecule has 0 aliphatic rings. The van der Waals surface area contributed by atoms with Crippen LogP contribution >= 0.6 is 0 Å². The van der Waals surface area contributed by atoms with Crippen molar-refractivity contribution in [3.63, 3.8) is 0 Å². The molecule has 1 heterocycles. The summed E-state index contributed by atoms with van der Waals surface area (Å²) in [6.45, 7) is 3.05. The number of aliphatic carboxylic acids is 1. The molecule has 6 nitrogen and oxygen atoms in total. The molecule has 0 radical (unpaired) electrons. The summed E-state index contributed by atoms with van der Waals surface area (Å²) >= 11 is 0. The van der Waals surface area contributed by atoms with Crippen LogP contribution in [0.4, 0.5) is 0 Å². The first-order valence-corrected chi connectivity index (χ1v) is 9.49. The number of ether oxygens (including phenoxy) is 3. The summed E-state index contributed by atoms with van der Waals surface area (Å²) in [5.41, 5.74) is 3.69. The van der Waals surface area contributed by atoms with Gasteiger partial charge in [0.05, 0.1) is 26.4 Å². The third kappa shape index (κ3) is 4.49. The number of nitrogens with zero attached hydrogens (tertiary/aromatic N) is 1. The Morgan fingerprint density at radius 1 is 1.07 bits per heavy atom. The first kappa shape index (κ1) is 20.6. The third-order valence-electron chi connectivity index (χ3n) is 4.82. The normalized spacial score (nSPS) is 10.9. The second-order valence-electron chi connectivity index (χ2n) is 6.60. The molecule has 29 heavy (non-hydrogen) atoms. The van der Waals surface area contributed by atoms with Crippen molar-refractivity contribution in [1.29, 1.82) is 0 Å².